The number of rotatable bonds is 6. The quantitative estimate of drug-likeness (QED) is 0.402. The summed E-state index contributed by atoms with van der Waals surface area (Å²) in [5, 5.41) is 20.4. The zero-order chi connectivity index (χ0) is 16.6. The molecule has 1 aromatic heterocycles. The lowest BCUT2D eigenvalue weighted by Crippen LogP contribution is -2.36. The first-order chi connectivity index (χ1) is 11.0. The molecule has 1 aromatic rings. The number of nitrogens with one attached hydrogen (secondary N) is 2. The molecule has 9 heteroatoms. The summed E-state index contributed by atoms with van der Waals surface area (Å²) >= 11 is 0. The highest BCUT2D eigenvalue weighted by Gasteiger charge is 2.55. The maximum absolute atomic E-state index is 11.2. The van der Waals surface area contributed by atoms with Crippen molar-refractivity contribution in [2.75, 3.05) is 24.5 Å². The number of carboxylic acids is 1. The van der Waals surface area contributed by atoms with Gasteiger partial charge in [-0.2, -0.15) is 0 Å². The van der Waals surface area contributed by atoms with E-state index in [-0.39, 0.29) is 5.56 Å². The summed E-state index contributed by atoms with van der Waals surface area (Å²) in [6.07, 6.45) is 2.76. The predicted octanol–water partition coefficient (Wildman–Crippen LogP) is -0.659. The van der Waals surface area contributed by atoms with Gasteiger partial charge < -0.3 is 15.3 Å². The van der Waals surface area contributed by atoms with Gasteiger partial charge >= 0.3 is 5.97 Å². The van der Waals surface area contributed by atoms with Gasteiger partial charge in [-0.05, 0) is 31.2 Å². The van der Waals surface area contributed by atoms with E-state index in [2.05, 4.69) is 20.2 Å². The van der Waals surface area contributed by atoms with Crippen LogP contribution in [0.1, 0.15) is 17.3 Å². The monoisotopic (exact) mass is 321 g/mol. The van der Waals surface area contributed by atoms with Gasteiger partial charge in [0.25, 0.3) is 5.91 Å². The van der Waals surface area contributed by atoms with Crippen molar-refractivity contribution in [3.8, 4) is 0 Å². The smallest absolute Gasteiger partial charge is 0.320 e. The van der Waals surface area contributed by atoms with E-state index in [1.165, 1.54) is 17.9 Å². The van der Waals surface area contributed by atoms with Crippen molar-refractivity contribution in [2.45, 2.75) is 13.0 Å². The van der Waals surface area contributed by atoms with Crippen molar-refractivity contribution in [3.05, 3.63) is 18.0 Å². The van der Waals surface area contributed by atoms with E-state index >= 15 is 0 Å². The first-order valence-electron chi connectivity index (χ1n) is 7.49. The number of nitrogens with zero attached hydrogens (tertiary/aromatic N) is 3. The average molecular weight is 321 g/mol. The summed E-state index contributed by atoms with van der Waals surface area (Å²) in [7, 11) is 0. The van der Waals surface area contributed by atoms with Gasteiger partial charge in [-0.25, -0.2) is 15.4 Å². The van der Waals surface area contributed by atoms with E-state index in [1.54, 1.807) is 6.92 Å². The molecule has 1 amide bonds. The first-order valence-corrected chi connectivity index (χ1v) is 7.49. The highest BCUT2D eigenvalue weighted by Crippen LogP contribution is 2.51. The molecule has 1 aliphatic heterocycles. The minimum absolute atomic E-state index is 0.199. The molecule has 2 aliphatic rings. The molecule has 1 saturated heterocycles. The van der Waals surface area contributed by atoms with Crippen LogP contribution in [0.15, 0.2) is 12.4 Å². The number of hydrogen-bond donors (Lipinski definition) is 4. The van der Waals surface area contributed by atoms with Crippen molar-refractivity contribution in [3.63, 3.8) is 0 Å². The van der Waals surface area contributed by atoms with Crippen molar-refractivity contribution >= 4 is 17.8 Å². The predicted molar refractivity (Wildman–Crippen MR) is 79.1 cm³/mol. The number of fused-ring (bicyclic) bond motifs is 1. The molecule has 0 bridgehead atoms. The van der Waals surface area contributed by atoms with Crippen LogP contribution in [-0.4, -0.2) is 57.8 Å². The second-order valence-electron chi connectivity index (χ2n) is 6.08. The van der Waals surface area contributed by atoms with Gasteiger partial charge in [-0.15, -0.1) is 0 Å². The number of amides is 1. The third kappa shape index (κ3) is 3.10. The van der Waals surface area contributed by atoms with Crippen LogP contribution < -0.4 is 15.7 Å². The summed E-state index contributed by atoms with van der Waals surface area (Å²) < 4.78 is 0. The van der Waals surface area contributed by atoms with Crippen molar-refractivity contribution in [1.82, 2.24) is 20.8 Å². The molecular weight excluding hydrogens is 302 g/mol. The Hall–Kier alpha value is -2.26. The van der Waals surface area contributed by atoms with Crippen LogP contribution in [0, 0.1) is 17.8 Å². The van der Waals surface area contributed by atoms with E-state index < -0.39 is 17.9 Å². The van der Waals surface area contributed by atoms with Crippen LogP contribution in [0.5, 0.6) is 0 Å². The van der Waals surface area contributed by atoms with E-state index in [4.69, 9.17) is 10.3 Å². The largest absolute Gasteiger partial charge is 0.480 e. The molecule has 9 nitrogen and oxygen atoms in total. The highest BCUT2D eigenvalue weighted by atomic mass is 16.5. The van der Waals surface area contributed by atoms with E-state index in [0.717, 1.165) is 13.1 Å². The van der Waals surface area contributed by atoms with Crippen LogP contribution in [0.3, 0.4) is 0 Å². The molecule has 0 radical (unpaired) electrons. The number of aliphatic carboxylic acids is 1. The molecule has 1 saturated carbocycles. The van der Waals surface area contributed by atoms with Crippen LogP contribution in [0.4, 0.5) is 5.95 Å². The second-order valence-corrected chi connectivity index (χ2v) is 6.08. The lowest BCUT2D eigenvalue weighted by atomic mass is 10.2. The lowest BCUT2D eigenvalue weighted by molar-refractivity contribution is -0.139. The molecule has 4 N–H and O–H groups in total. The molecule has 2 fully saturated rings. The molecule has 0 spiro atoms. The summed E-state index contributed by atoms with van der Waals surface area (Å²) in [5.74, 6) is 0.669. The maximum atomic E-state index is 11.2. The number of carbonyl (C=O) groups is 2. The summed E-state index contributed by atoms with van der Waals surface area (Å²) in [5.41, 5.74) is 1.74. The molecule has 124 valence electrons. The van der Waals surface area contributed by atoms with Crippen LogP contribution >= 0.6 is 0 Å². The summed E-state index contributed by atoms with van der Waals surface area (Å²) in [4.78, 5) is 32.4. The van der Waals surface area contributed by atoms with Crippen LogP contribution in [-0.2, 0) is 4.79 Å². The number of carboxylic acid groups (broad SMARTS) is 1. The third-order valence-electron chi connectivity index (χ3n) is 4.69. The molecule has 1 aliphatic carbocycles. The van der Waals surface area contributed by atoms with Crippen molar-refractivity contribution in [1.29, 1.82) is 0 Å². The molecular formula is C14H19N5O4. The van der Waals surface area contributed by atoms with Gasteiger partial charge in [-0.3, -0.25) is 14.8 Å². The fourth-order valence-corrected chi connectivity index (χ4v) is 3.18. The molecule has 2 heterocycles. The van der Waals surface area contributed by atoms with Gasteiger partial charge in [0.05, 0.1) is 5.56 Å². The number of hydroxylamine groups is 1. The number of piperidine rings is 1. The number of aromatic nitrogens is 2. The molecule has 3 atom stereocenters. The number of carbonyl (C=O) groups excluding carboxylic acids is 1. The minimum Gasteiger partial charge on any atom is -0.480 e. The molecule has 23 heavy (non-hydrogen) atoms. The summed E-state index contributed by atoms with van der Waals surface area (Å²) in [6.45, 7) is 4.03. The Bertz CT molecular complexity index is 596. The fraction of sp³-hybridized carbons (Fsp3) is 0.571. The highest BCUT2D eigenvalue weighted by molar-refractivity contribution is 5.92. The number of anilines is 1. The topological polar surface area (TPSA) is 128 Å². The maximum Gasteiger partial charge on any atom is 0.320 e. The Morgan fingerprint density at radius 3 is 2.48 bits per heavy atom. The Labute approximate surface area is 132 Å². The Morgan fingerprint density at radius 1 is 1.35 bits per heavy atom. The van der Waals surface area contributed by atoms with E-state index in [9.17, 15) is 9.59 Å². The van der Waals surface area contributed by atoms with E-state index in [0.29, 0.717) is 30.2 Å². The van der Waals surface area contributed by atoms with Gasteiger partial charge in [0.15, 0.2) is 0 Å². The normalized spacial score (nSPS) is 26.5. The molecule has 0 aromatic carbocycles. The Kier molecular flexibility index (Phi) is 4.14. The number of hydrogen-bond acceptors (Lipinski definition) is 7. The van der Waals surface area contributed by atoms with Gasteiger partial charge in [0.2, 0.25) is 5.95 Å². The first kappa shape index (κ1) is 15.6. The standard InChI is InChI=1S/C14H19N5O4/c1-7(13(21)22)15-4-9-10-5-19(6-11(9)10)14-16-2-8(3-17-14)12(20)18-23/h2-3,7,9-11,15,23H,4-6H2,1H3,(H,18,20)(H,21,22)/t7-,9?,10?,11?/m0/s1. The zero-order valence-corrected chi connectivity index (χ0v) is 12.6. The minimum atomic E-state index is -0.835. The van der Waals surface area contributed by atoms with Crippen LogP contribution in [0.2, 0.25) is 0 Å². The Morgan fingerprint density at radius 2 is 1.96 bits per heavy atom. The van der Waals surface area contributed by atoms with E-state index in [1.807, 2.05) is 0 Å². The average Bonchev–Trinajstić information content (AvgIpc) is 3.01. The fourth-order valence-electron chi connectivity index (χ4n) is 3.18. The van der Waals surface area contributed by atoms with Crippen molar-refractivity contribution < 1.29 is 19.9 Å². The van der Waals surface area contributed by atoms with Gasteiger partial charge in [0, 0.05) is 25.5 Å². The SMILES string of the molecule is C[C@H](NCC1C2CN(c3ncc(C(=O)NO)cn3)CC12)C(=O)O. The van der Waals surface area contributed by atoms with Gasteiger partial charge in [-0.1, -0.05) is 0 Å². The molecule has 2 unspecified atom stereocenters. The van der Waals surface area contributed by atoms with Crippen molar-refractivity contribution in [2.24, 2.45) is 17.8 Å². The van der Waals surface area contributed by atoms with Crippen LogP contribution in [0.25, 0.3) is 0 Å². The lowest BCUT2D eigenvalue weighted by Gasteiger charge is -2.20. The molecule has 3 rings (SSSR count). The summed E-state index contributed by atoms with van der Waals surface area (Å²) in [6, 6.07) is -0.527. The van der Waals surface area contributed by atoms with Gasteiger partial charge in [0.1, 0.15) is 6.04 Å². The zero-order valence-electron chi connectivity index (χ0n) is 12.6. The second kappa shape index (κ2) is 6.09. The Balaban J connectivity index is 1.50. The third-order valence-corrected chi connectivity index (χ3v) is 4.69.